The Morgan fingerprint density at radius 1 is 1.53 bits per heavy atom. The maximum atomic E-state index is 11.4. The number of nitrogens with zero attached hydrogens (tertiary/aromatic N) is 3. The van der Waals surface area contributed by atoms with Gasteiger partial charge in [0.15, 0.2) is 5.78 Å². The lowest BCUT2D eigenvalue weighted by atomic mass is 10.2. The predicted molar refractivity (Wildman–Crippen MR) is 66.5 cm³/mol. The minimum Gasteiger partial charge on any atom is -0.341 e. The van der Waals surface area contributed by atoms with Crippen molar-refractivity contribution in [3.05, 3.63) is 40.4 Å². The van der Waals surface area contributed by atoms with Gasteiger partial charge in [-0.3, -0.25) is 9.48 Å². The summed E-state index contributed by atoms with van der Waals surface area (Å²) in [6.07, 6.45) is 1.87. The molecule has 2 rings (SSSR count). The first-order valence-corrected chi connectivity index (χ1v) is 5.72. The summed E-state index contributed by atoms with van der Waals surface area (Å²) in [6.45, 7) is 4.04. The molecule has 2 aromatic rings. The van der Waals surface area contributed by atoms with Crippen molar-refractivity contribution in [2.45, 2.75) is 20.4 Å². The van der Waals surface area contributed by atoms with E-state index in [2.05, 4.69) is 5.10 Å². The Bertz CT molecular complexity index is 568. The van der Waals surface area contributed by atoms with Gasteiger partial charge in [-0.05, 0) is 19.1 Å². The molecule has 0 amide bonds. The van der Waals surface area contributed by atoms with Crippen LogP contribution >= 0.6 is 11.6 Å². The van der Waals surface area contributed by atoms with Crippen molar-refractivity contribution < 1.29 is 4.79 Å². The van der Waals surface area contributed by atoms with Crippen LogP contribution in [-0.4, -0.2) is 20.1 Å². The lowest BCUT2D eigenvalue weighted by molar-refractivity contribution is 0.100. The molecule has 0 spiro atoms. The summed E-state index contributed by atoms with van der Waals surface area (Å²) >= 11 is 6.17. The fraction of sp³-hybridized carbons (Fsp3) is 0.333. The van der Waals surface area contributed by atoms with Crippen molar-refractivity contribution in [2.24, 2.45) is 7.05 Å². The van der Waals surface area contributed by atoms with Crippen molar-refractivity contribution in [1.82, 2.24) is 14.3 Å². The summed E-state index contributed by atoms with van der Waals surface area (Å²) in [5.74, 6) is 0.0488. The zero-order valence-corrected chi connectivity index (χ0v) is 10.8. The fourth-order valence-electron chi connectivity index (χ4n) is 1.90. The number of aromatic nitrogens is 3. The number of ketones is 1. The molecule has 5 heteroatoms. The minimum atomic E-state index is 0.0488. The zero-order chi connectivity index (χ0) is 12.6. The first-order chi connectivity index (χ1) is 8.00. The topological polar surface area (TPSA) is 39.8 Å². The Labute approximate surface area is 105 Å². The summed E-state index contributed by atoms with van der Waals surface area (Å²) in [7, 11) is 1.81. The molecule has 0 aromatic carbocycles. The van der Waals surface area contributed by atoms with Crippen LogP contribution in [0.15, 0.2) is 18.3 Å². The SMILES string of the molecule is CC(=O)c1cccn1Cc1c(C)nn(C)c1Cl. The maximum Gasteiger partial charge on any atom is 0.176 e. The minimum absolute atomic E-state index is 0.0488. The first kappa shape index (κ1) is 11.9. The van der Waals surface area contributed by atoms with Crippen LogP contribution in [0.3, 0.4) is 0 Å². The van der Waals surface area contributed by atoms with Gasteiger partial charge in [0.1, 0.15) is 5.15 Å². The Hall–Kier alpha value is -1.55. The Kier molecular flexibility index (Phi) is 3.07. The summed E-state index contributed by atoms with van der Waals surface area (Å²) in [6, 6.07) is 3.66. The van der Waals surface area contributed by atoms with Crippen molar-refractivity contribution in [3.63, 3.8) is 0 Å². The first-order valence-electron chi connectivity index (χ1n) is 5.34. The Morgan fingerprint density at radius 3 is 2.76 bits per heavy atom. The molecule has 0 aliphatic rings. The van der Waals surface area contributed by atoms with E-state index < -0.39 is 0 Å². The molecule has 0 N–H and O–H groups in total. The maximum absolute atomic E-state index is 11.4. The van der Waals surface area contributed by atoms with Gasteiger partial charge in [-0.15, -0.1) is 0 Å². The third-order valence-electron chi connectivity index (χ3n) is 2.79. The molecule has 90 valence electrons. The summed E-state index contributed by atoms with van der Waals surface area (Å²) in [4.78, 5) is 11.4. The number of Topliss-reactive ketones (excluding diaryl/α,β-unsaturated/α-hetero) is 1. The van der Waals surface area contributed by atoms with E-state index >= 15 is 0 Å². The predicted octanol–water partition coefficient (Wildman–Crippen LogP) is 2.43. The molecule has 0 atom stereocenters. The van der Waals surface area contributed by atoms with E-state index in [4.69, 9.17) is 11.6 Å². The molecule has 0 saturated carbocycles. The monoisotopic (exact) mass is 251 g/mol. The van der Waals surface area contributed by atoms with Crippen molar-refractivity contribution in [3.8, 4) is 0 Å². The summed E-state index contributed by atoms with van der Waals surface area (Å²) < 4.78 is 3.53. The normalized spacial score (nSPS) is 10.8. The van der Waals surface area contributed by atoms with Gasteiger partial charge in [0.2, 0.25) is 0 Å². The molecule has 0 radical (unpaired) electrons. The van der Waals surface area contributed by atoms with Gasteiger partial charge in [0.25, 0.3) is 0 Å². The number of halogens is 1. The van der Waals surface area contributed by atoms with Gasteiger partial charge < -0.3 is 4.57 Å². The van der Waals surface area contributed by atoms with E-state index in [9.17, 15) is 4.79 Å². The molecule has 0 saturated heterocycles. The van der Waals surface area contributed by atoms with Crippen LogP contribution in [0.1, 0.15) is 28.7 Å². The van der Waals surface area contributed by atoms with Crippen LogP contribution in [0, 0.1) is 6.92 Å². The van der Waals surface area contributed by atoms with Gasteiger partial charge in [-0.25, -0.2) is 0 Å². The highest BCUT2D eigenvalue weighted by atomic mass is 35.5. The molecular weight excluding hydrogens is 238 g/mol. The number of aryl methyl sites for hydroxylation is 2. The molecule has 0 unspecified atom stereocenters. The third-order valence-corrected chi connectivity index (χ3v) is 3.26. The van der Waals surface area contributed by atoms with Crippen LogP contribution < -0.4 is 0 Å². The molecule has 0 aliphatic carbocycles. The van der Waals surface area contributed by atoms with Gasteiger partial charge >= 0.3 is 0 Å². The molecule has 0 fully saturated rings. The third kappa shape index (κ3) is 2.13. The Morgan fingerprint density at radius 2 is 2.24 bits per heavy atom. The van der Waals surface area contributed by atoms with Gasteiger partial charge in [-0.2, -0.15) is 5.10 Å². The highest BCUT2D eigenvalue weighted by Gasteiger charge is 2.13. The molecular formula is C12H14ClN3O. The summed E-state index contributed by atoms with van der Waals surface area (Å²) in [5, 5.41) is 4.87. The largest absolute Gasteiger partial charge is 0.341 e. The van der Waals surface area contributed by atoms with Crippen LogP contribution in [0.2, 0.25) is 5.15 Å². The Balaban J connectivity index is 2.38. The standard InChI is InChI=1S/C12H14ClN3O/c1-8-10(12(13)15(3)14-8)7-16-6-4-5-11(16)9(2)17/h4-6H,7H2,1-3H3. The highest BCUT2D eigenvalue weighted by Crippen LogP contribution is 2.20. The average Bonchev–Trinajstić information content (AvgIpc) is 2.80. The van der Waals surface area contributed by atoms with Gasteiger partial charge in [0.05, 0.1) is 17.9 Å². The fourth-order valence-corrected chi connectivity index (χ4v) is 2.13. The van der Waals surface area contributed by atoms with Crippen LogP contribution in [-0.2, 0) is 13.6 Å². The van der Waals surface area contributed by atoms with Crippen molar-refractivity contribution in [2.75, 3.05) is 0 Å². The smallest absolute Gasteiger partial charge is 0.176 e. The van der Waals surface area contributed by atoms with Crippen molar-refractivity contribution in [1.29, 1.82) is 0 Å². The van der Waals surface area contributed by atoms with E-state index in [1.807, 2.05) is 29.8 Å². The van der Waals surface area contributed by atoms with E-state index in [1.54, 1.807) is 18.7 Å². The molecule has 2 aromatic heterocycles. The summed E-state index contributed by atoms with van der Waals surface area (Å²) in [5.41, 5.74) is 2.53. The van der Waals surface area contributed by atoms with Gasteiger partial charge in [0, 0.05) is 25.7 Å². The van der Waals surface area contributed by atoms with E-state index in [0.29, 0.717) is 17.4 Å². The van der Waals surface area contributed by atoms with Crippen molar-refractivity contribution >= 4 is 17.4 Å². The highest BCUT2D eigenvalue weighted by molar-refractivity contribution is 6.30. The lowest BCUT2D eigenvalue weighted by Gasteiger charge is -2.06. The van der Waals surface area contributed by atoms with Crippen LogP contribution in [0.4, 0.5) is 0 Å². The second-order valence-corrected chi connectivity index (χ2v) is 4.41. The number of hydrogen-bond acceptors (Lipinski definition) is 2. The number of hydrogen-bond donors (Lipinski definition) is 0. The molecule has 0 bridgehead atoms. The van der Waals surface area contributed by atoms with Crippen LogP contribution in [0.5, 0.6) is 0 Å². The number of rotatable bonds is 3. The quantitative estimate of drug-likeness (QED) is 0.786. The van der Waals surface area contributed by atoms with E-state index in [1.165, 1.54) is 0 Å². The molecule has 0 aliphatic heterocycles. The molecule has 4 nitrogen and oxygen atoms in total. The lowest BCUT2D eigenvalue weighted by Crippen LogP contribution is -2.07. The second-order valence-electron chi connectivity index (χ2n) is 4.06. The van der Waals surface area contributed by atoms with Gasteiger partial charge in [-0.1, -0.05) is 11.6 Å². The molecule has 2 heterocycles. The number of carbonyl (C=O) groups is 1. The second kappa shape index (κ2) is 4.37. The average molecular weight is 252 g/mol. The molecule has 17 heavy (non-hydrogen) atoms. The van der Waals surface area contributed by atoms with E-state index in [0.717, 1.165) is 11.3 Å². The number of carbonyl (C=O) groups excluding carboxylic acids is 1. The van der Waals surface area contributed by atoms with E-state index in [-0.39, 0.29) is 5.78 Å². The zero-order valence-electron chi connectivity index (χ0n) is 10.1. The van der Waals surface area contributed by atoms with Crippen LogP contribution in [0.25, 0.3) is 0 Å².